The monoisotopic (exact) mass is 276 g/mol. The van der Waals surface area contributed by atoms with Crippen molar-refractivity contribution in [1.29, 1.82) is 0 Å². The normalized spacial score (nSPS) is 10.1. The standard InChI is InChI=1S/C12H12N6.ClH/c13-10-9-11(16-7-15-10)18-12(17-9)14-6-8-4-2-1-3-5-8;/h1-5,7H,6H2,(H4,13,14,15,16,17,18);1H. The van der Waals surface area contributed by atoms with E-state index < -0.39 is 0 Å². The van der Waals surface area contributed by atoms with E-state index in [2.05, 4.69) is 25.3 Å². The van der Waals surface area contributed by atoms with Crippen molar-refractivity contribution in [2.75, 3.05) is 11.1 Å². The third-order valence-electron chi connectivity index (χ3n) is 2.62. The second-order valence-corrected chi connectivity index (χ2v) is 3.88. The average Bonchev–Trinajstić information content (AvgIpc) is 2.82. The molecule has 0 aliphatic carbocycles. The number of aromatic nitrogens is 4. The Kier molecular flexibility index (Phi) is 3.82. The van der Waals surface area contributed by atoms with Gasteiger partial charge in [0.1, 0.15) is 11.8 Å². The fraction of sp³-hybridized carbons (Fsp3) is 0.0833. The van der Waals surface area contributed by atoms with E-state index in [9.17, 15) is 0 Å². The number of nitrogen functional groups attached to an aromatic ring is 1. The molecule has 0 bridgehead atoms. The highest BCUT2D eigenvalue weighted by Crippen LogP contribution is 2.16. The van der Waals surface area contributed by atoms with Gasteiger partial charge in [-0.1, -0.05) is 30.3 Å². The van der Waals surface area contributed by atoms with Crippen molar-refractivity contribution < 1.29 is 0 Å². The van der Waals surface area contributed by atoms with E-state index in [1.165, 1.54) is 11.9 Å². The van der Waals surface area contributed by atoms with E-state index in [1.54, 1.807) is 0 Å². The summed E-state index contributed by atoms with van der Waals surface area (Å²) in [5.74, 6) is 1.04. The third-order valence-corrected chi connectivity index (χ3v) is 2.62. The predicted molar refractivity (Wildman–Crippen MR) is 77.1 cm³/mol. The molecule has 0 atom stereocenters. The van der Waals surface area contributed by atoms with Crippen molar-refractivity contribution in [3.63, 3.8) is 0 Å². The van der Waals surface area contributed by atoms with E-state index >= 15 is 0 Å². The molecule has 1 aromatic carbocycles. The molecule has 98 valence electrons. The Morgan fingerprint density at radius 1 is 1.16 bits per heavy atom. The van der Waals surface area contributed by atoms with Gasteiger partial charge in [-0.2, -0.15) is 4.98 Å². The summed E-state index contributed by atoms with van der Waals surface area (Å²) in [7, 11) is 0. The molecule has 4 N–H and O–H groups in total. The number of H-pyrrole nitrogens is 1. The Bertz CT molecular complexity index is 666. The van der Waals surface area contributed by atoms with Gasteiger partial charge in [0.15, 0.2) is 11.5 Å². The van der Waals surface area contributed by atoms with Crippen molar-refractivity contribution in [2.24, 2.45) is 0 Å². The largest absolute Gasteiger partial charge is 0.382 e. The number of nitrogens with zero attached hydrogens (tertiary/aromatic N) is 3. The summed E-state index contributed by atoms with van der Waals surface area (Å²) in [6, 6.07) is 10.1. The van der Waals surface area contributed by atoms with Gasteiger partial charge in [-0.15, -0.1) is 12.4 Å². The molecule has 19 heavy (non-hydrogen) atoms. The highest BCUT2D eigenvalue weighted by Gasteiger charge is 2.06. The number of benzene rings is 1. The number of rotatable bonds is 3. The highest BCUT2D eigenvalue weighted by atomic mass is 35.5. The lowest BCUT2D eigenvalue weighted by molar-refractivity contribution is 1.10. The maximum atomic E-state index is 5.73. The molecule has 0 radical (unpaired) electrons. The zero-order valence-electron chi connectivity index (χ0n) is 10.00. The quantitative estimate of drug-likeness (QED) is 0.680. The van der Waals surface area contributed by atoms with Crippen molar-refractivity contribution in [1.82, 2.24) is 19.9 Å². The molecule has 0 amide bonds. The van der Waals surface area contributed by atoms with Crippen LogP contribution in [-0.4, -0.2) is 19.9 Å². The van der Waals surface area contributed by atoms with Crippen molar-refractivity contribution in [3.8, 4) is 0 Å². The van der Waals surface area contributed by atoms with Crippen LogP contribution in [0.1, 0.15) is 5.56 Å². The van der Waals surface area contributed by atoms with Crippen LogP contribution in [0.5, 0.6) is 0 Å². The smallest absolute Gasteiger partial charge is 0.203 e. The minimum atomic E-state index is 0. The first kappa shape index (κ1) is 13.1. The number of nitrogens with one attached hydrogen (secondary N) is 2. The summed E-state index contributed by atoms with van der Waals surface area (Å²) in [5, 5.41) is 3.19. The summed E-state index contributed by atoms with van der Waals surface area (Å²) in [4.78, 5) is 15.3. The van der Waals surface area contributed by atoms with E-state index in [0.29, 0.717) is 29.5 Å². The van der Waals surface area contributed by atoms with Gasteiger partial charge in [-0.25, -0.2) is 9.97 Å². The number of nitrogens with two attached hydrogens (primary N) is 1. The molecule has 7 heteroatoms. The lowest BCUT2D eigenvalue weighted by Crippen LogP contribution is -2.00. The summed E-state index contributed by atoms with van der Waals surface area (Å²) >= 11 is 0. The van der Waals surface area contributed by atoms with Crippen LogP contribution in [0.4, 0.5) is 11.8 Å². The predicted octanol–water partition coefficient (Wildman–Crippen LogP) is 1.97. The first-order valence-electron chi connectivity index (χ1n) is 5.57. The summed E-state index contributed by atoms with van der Waals surface area (Å²) in [5.41, 5.74) is 8.13. The molecule has 0 spiro atoms. The van der Waals surface area contributed by atoms with Gasteiger partial charge < -0.3 is 16.0 Å². The molecule has 2 heterocycles. The third kappa shape index (κ3) is 2.74. The van der Waals surface area contributed by atoms with Crippen LogP contribution in [0.25, 0.3) is 11.2 Å². The maximum absolute atomic E-state index is 5.73. The van der Waals surface area contributed by atoms with Gasteiger partial charge in [0.25, 0.3) is 0 Å². The van der Waals surface area contributed by atoms with Crippen molar-refractivity contribution in [2.45, 2.75) is 6.54 Å². The molecule has 0 aliphatic heterocycles. The number of fused-ring (bicyclic) bond motifs is 1. The topological polar surface area (TPSA) is 92.5 Å². The van der Waals surface area contributed by atoms with Crippen LogP contribution >= 0.6 is 12.4 Å². The maximum Gasteiger partial charge on any atom is 0.203 e. The second kappa shape index (κ2) is 5.53. The summed E-state index contributed by atoms with van der Waals surface area (Å²) < 4.78 is 0. The number of imidazole rings is 1. The number of anilines is 2. The SMILES string of the molecule is Cl.Nc1ncnc2nc(NCc3ccccc3)[nH]c12. The minimum absolute atomic E-state index is 0. The van der Waals surface area contributed by atoms with E-state index in [-0.39, 0.29) is 12.4 Å². The zero-order chi connectivity index (χ0) is 12.4. The Morgan fingerprint density at radius 2 is 1.95 bits per heavy atom. The highest BCUT2D eigenvalue weighted by molar-refractivity contribution is 5.85. The van der Waals surface area contributed by atoms with Gasteiger partial charge >= 0.3 is 0 Å². The fourth-order valence-corrected chi connectivity index (χ4v) is 1.71. The van der Waals surface area contributed by atoms with E-state index in [0.717, 1.165) is 0 Å². The average molecular weight is 277 g/mol. The van der Waals surface area contributed by atoms with Gasteiger partial charge in [0.05, 0.1) is 0 Å². The Hall–Kier alpha value is -2.34. The van der Waals surface area contributed by atoms with Crippen LogP contribution in [0.15, 0.2) is 36.7 Å². The molecule has 0 saturated carbocycles. The molecule has 2 aromatic heterocycles. The van der Waals surface area contributed by atoms with Gasteiger partial charge in [0, 0.05) is 6.54 Å². The molecule has 3 aromatic rings. The van der Waals surface area contributed by atoms with E-state index in [1.807, 2.05) is 30.3 Å². The Morgan fingerprint density at radius 3 is 2.68 bits per heavy atom. The Labute approximate surface area is 115 Å². The first-order chi connectivity index (χ1) is 8.83. The molecular weight excluding hydrogens is 264 g/mol. The molecular formula is C12H13ClN6. The molecule has 0 unspecified atom stereocenters. The zero-order valence-corrected chi connectivity index (χ0v) is 10.8. The first-order valence-corrected chi connectivity index (χ1v) is 5.57. The van der Waals surface area contributed by atoms with Crippen LogP contribution in [0.2, 0.25) is 0 Å². The number of hydrogen-bond acceptors (Lipinski definition) is 5. The number of aromatic amines is 1. The number of halogens is 1. The fourth-order valence-electron chi connectivity index (χ4n) is 1.71. The minimum Gasteiger partial charge on any atom is -0.382 e. The molecule has 0 aliphatic rings. The molecule has 0 saturated heterocycles. The lowest BCUT2D eigenvalue weighted by atomic mass is 10.2. The van der Waals surface area contributed by atoms with Crippen molar-refractivity contribution in [3.05, 3.63) is 42.2 Å². The van der Waals surface area contributed by atoms with Crippen LogP contribution in [-0.2, 0) is 6.54 Å². The second-order valence-electron chi connectivity index (χ2n) is 3.88. The number of hydrogen-bond donors (Lipinski definition) is 3. The van der Waals surface area contributed by atoms with Crippen LogP contribution < -0.4 is 11.1 Å². The molecule has 3 rings (SSSR count). The van der Waals surface area contributed by atoms with Crippen molar-refractivity contribution >= 4 is 35.3 Å². The van der Waals surface area contributed by atoms with Crippen LogP contribution in [0, 0.1) is 0 Å². The van der Waals surface area contributed by atoms with Crippen LogP contribution in [0.3, 0.4) is 0 Å². The summed E-state index contributed by atoms with van der Waals surface area (Å²) in [6.45, 7) is 0.688. The summed E-state index contributed by atoms with van der Waals surface area (Å²) in [6.07, 6.45) is 1.40. The van der Waals surface area contributed by atoms with Gasteiger partial charge in [0.2, 0.25) is 5.95 Å². The Balaban J connectivity index is 0.00000133. The van der Waals surface area contributed by atoms with Gasteiger partial charge in [-0.3, -0.25) is 0 Å². The molecule has 0 fully saturated rings. The lowest BCUT2D eigenvalue weighted by Gasteiger charge is -2.01. The molecule has 6 nitrogen and oxygen atoms in total. The van der Waals surface area contributed by atoms with Gasteiger partial charge in [-0.05, 0) is 5.56 Å². The van der Waals surface area contributed by atoms with E-state index in [4.69, 9.17) is 5.73 Å².